The molecule has 42 heavy (non-hydrogen) atoms. The second-order valence-corrected chi connectivity index (χ2v) is 11.0. The van der Waals surface area contributed by atoms with E-state index in [0.717, 1.165) is 22.6 Å². The van der Waals surface area contributed by atoms with Crippen LogP contribution in [0.1, 0.15) is 25.8 Å². The average molecular weight is 544 g/mol. The third-order valence-electron chi connectivity index (χ3n) is 7.42. The highest BCUT2D eigenvalue weighted by Crippen LogP contribution is 2.38. The Kier molecular flexibility index (Phi) is 7.05. The van der Waals surface area contributed by atoms with Gasteiger partial charge in [-0.15, -0.1) is 0 Å². The van der Waals surface area contributed by atoms with Gasteiger partial charge in [-0.25, -0.2) is 10.1 Å². The lowest BCUT2D eigenvalue weighted by Gasteiger charge is -2.32. The van der Waals surface area contributed by atoms with Crippen LogP contribution in [0, 0.1) is 17.9 Å². The van der Waals surface area contributed by atoms with Crippen LogP contribution in [0.15, 0.2) is 138 Å². The van der Waals surface area contributed by atoms with Crippen molar-refractivity contribution in [1.29, 1.82) is 5.26 Å². The highest BCUT2D eigenvalue weighted by atomic mass is 16.5. The maximum absolute atomic E-state index is 9.37. The van der Waals surface area contributed by atoms with E-state index in [1.54, 1.807) is 6.08 Å². The first-order chi connectivity index (χ1) is 20.4. The van der Waals surface area contributed by atoms with Crippen LogP contribution in [0.3, 0.4) is 0 Å². The molecule has 1 heterocycles. The molecule has 6 rings (SSSR count). The van der Waals surface area contributed by atoms with Crippen molar-refractivity contribution in [3.63, 3.8) is 0 Å². The topological polar surface area (TPSA) is 40.6 Å². The molecule has 0 atom stereocenters. The molecule has 0 radical (unpaired) electrons. The van der Waals surface area contributed by atoms with Gasteiger partial charge in [0.2, 0.25) is 0 Å². The zero-order valence-electron chi connectivity index (χ0n) is 23.6. The summed E-state index contributed by atoms with van der Waals surface area (Å²) in [5, 5.41) is 14.2. The molecule has 0 aromatic heterocycles. The molecule has 0 N–H and O–H groups in total. The second-order valence-electron chi connectivity index (χ2n) is 11.0. The summed E-state index contributed by atoms with van der Waals surface area (Å²) in [6.45, 7) is 11.3. The van der Waals surface area contributed by atoms with Gasteiger partial charge in [-0.05, 0) is 95.1 Å². The van der Waals surface area contributed by atoms with Crippen molar-refractivity contribution in [2.24, 2.45) is 0 Å². The number of anilines is 3. The number of benzene rings is 5. The van der Waals surface area contributed by atoms with Crippen LogP contribution in [0.2, 0.25) is 0 Å². The molecule has 202 valence electrons. The van der Waals surface area contributed by atoms with Gasteiger partial charge in [-0.1, -0.05) is 78.9 Å². The molecule has 5 aromatic rings. The van der Waals surface area contributed by atoms with E-state index >= 15 is 0 Å². The first kappa shape index (κ1) is 26.6. The quantitative estimate of drug-likeness (QED) is 0.164. The highest BCUT2D eigenvalue weighted by molar-refractivity contribution is 5.92. The maximum atomic E-state index is 9.37. The van der Waals surface area contributed by atoms with Gasteiger partial charge in [0.25, 0.3) is 5.70 Å². The molecule has 4 heteroatoms. The SMILES string of the molecule is [C-]#[N+]C(C#N)=C1C=C(C=Cc2ccc(N(c3ccc4ccccc4c3)c3ccc4ccccc4c3)cc2)OC(C)(C)C1. The molecule has 0 saturated heterocycles. The zero-order valence-corrected chi connectivity index (χ0v) is 23.6. The Bertz CT molecular complexity index is 1890. The molecule has 0 bridgehead atoms. The van der Waals surface area contributed by atoms with Crippen molar-refractivity contribution in [3.05, 3.63) is 155 Å². The van der Waals surface area contributed by atoms with E-state index in [1.165, 1.54) is 21.5 Å². The Hall–Kier alpha value is -5.58. The molecule has 0 fully saturated rings. The smallest absolute Gasteiger partial charge is 0.265 e. The first-order valence-electron chi connectivity index (χ1n) is 13.9. The maximum Gasteiger partial charge on any atom is 0.265 e. The monoisotopic (exact) mass is 543 g/mol. The van der Waals surface area contributed by atoms with Crippen LogP contribution in [-0.4, -0.2) is 5.60 Å². The summed E-state index contributed by atoms with van der Waals surface area (Å²) in [5.41, 5.74) is 4.56. The Balaban J connectivity index is 1.36. The second kappa shape index (κ2) is 11.1. The van der Waals surface area contributed by atoms with E-state index in [4.69, 9.17) is 11.3 Å². The first-order valence-corrected chi connectivity index (χ1v) is 13.9. The number of ether oxygens (including phenoxy) is 1. The van der Waals surface area contributed by atoms with Crippen LogP contribution in [0.4, 0.5) is 17.1 Å². The predicted molar refractivity (Wildman–Crippen MR) is 172 cm³/mol. The van der Waals surface area contributed by atoms with Crippen LogP contribution in [0.5, 0.6) is 0 Å². The average Bonchev–Trinajstić information content (AvgIpc) is 3.00. The molecule has 0 saturated carbocycles. The molecule has 0 unspecified atom stereocenters. The molecule has 0 amide bonds. The number of hydrogen-bond acceptors (Lipinski definition) is 3. The largest absolute Gasteiger partial charge is 0.488 e. The van der Waals surface area contributed by atoms with E-state index in [1.807, 2.05) is 32.1 Å². The molecule has 0 spiro atoms. The Labute approximate surface area is 246 Å². The molecule has 1 aliphatic rings. The van der Waals surface area contributed by atoms with E-state index in [2.05, 4.69) is 119 Å². The lowest BCUT2D eigenvalue weighted by atomic mass is 9.93. The van der Waals surface area contributed by atoms with Crippen LogP contribution in [-0.2, 0) is 4.74 Å². The number of allylic oxidation sites excluding steroid dienone is 3. The predicted octanol–water partition coefficient (Wildman–Crippen LogP) is 10.3. The lowest BCUT2D eigenvalue weighted by molar-refractivity contribution is 0.0356. The van der Waals surface area contributed by atoms with Crippen molar-refractivity contribution >= 4 is 44.7 Å². The Morgan fingerprint density at radius 2 is 1.33 bits per heavy atom. The van der Waals surface area contributed by atoms with Crippen molar-refractivity contribution in [2.45, 2.75) is 25.9 Å². The van der Waals surface area contributed by atoms with Crippen LogP contribution >= 0.6 is 0 Å². The third-order valence-corrected chi connectivity index (χ3v) is 7.42. The van der Waals surface area contributed by atoms with Gasteiger partial charge in [-0.2, -0.15) is 0 Å². The summed E-state index contributed by atoms with van der Waals surface area (Å²) < 4.78 is 6.13. The van der Waals surface area contributed by atoms with Crippen LogP contribution in [0.25, 0.3) is 32.5 Å². The fraction of sp³-hybridized carbons (Fsp3) is 0.105. The van der Waals surface area contributed by atoms with Crippen molar-refractivity contribution in [2.75, 3.05) is 4.90 Å². The normalized spacial score (nSPS) is 15.5. The minimum absolute atomic E-state index is 0.115. The van der Waals surface area contributed by atoms with E-state index in [0.29, 0.717) is 17.8 Å². The molecule has 1 aliphatic heterocycles. The number of rotatable bonds is 5. The summed E-state index contributed by atoms with van der Waals surface area (Å²) in [5.74, 6) is 0.635. The number of fused-ring (bicyclic) bond motifs is 2. The Morgan fingerprint density at radius 1 is 0.786 bits per heavy atom. The minimum Gasteiger partial charge on any atom is -0.488 e. The van der Waals surface area contributed by atoms with Crippen molar-refractivity contribution in [1.82, 2.24) is 0 Å². The fourth-order valence-corrected chi connectivity index (χ4v) is 5.46. The standard InChI is InChI=1S/C38H29N3O/c1-38(2)25-32(37(26-39)40-3)24-36(42-38)21-14-27-12-17-33(18-13-27)41(34-19-15-28-8-4-6-10-30(28)22-34)35-20-16-29-9-5-7-11-31(29)23-35/h4-24H,25H2,1-2H3. The summed E-state index contributed by atoms with van der Waals surface area (Å²) >= 11 is 0. The van der Waals surface area contributed by atoms with Crippen LogP contribution < -0.4 is 4.90 Å². The van der Waals surface area contributed by atoms with Crippen molar-refractivity contribution < 1.29 is 4.74 Å². The molecule has 5 aromatic carbocycles. The number of nitriles is 1. The van der Waals surface area contributed by atoms with E-state index < -0.39 is 5.60 Å². The Morgan fingerprint density at radius 3 is 1.88 bits per heavy atom. The number of hydrogen-bond donors (Lipinski definition) is 0. The van der Waals surface area contributed by atoms with Crippen molar-refractivity contribution in [3.8, 4) is 6.07 Å². The summed E-state index contributed by atoms with van der Waals surface area (Å²) in [7, 11) is 0. The molecule has 0 aliphatic carbocycles. The fourth-order valence-electron chi connectivity index (χ4n) is 5.46. The van der Waals surface area contributed by atoms with Gasteiger partial charge < -0.3 is 9.64 Å². The van der Waals surface area contributed by atoms with Gasteiger partial charge >= 0.3 is 0 Å². The zero-order chi connectivity index (χ0) is 29.1. The highest BCUT2D eigenvalue weighted by Gasteiger charge is 2.27. The van der Waals surface area contributed by atoms with Gasteiger partial charge in [-0.3, -0.25) is 0 Å². The number of nitrogens with zero attached hydrogens (tertiary/aromatic N) is 3. The van der Waals surface area contributed by atoms with Gasteiger partial charge in [0.1, 0.15) is 11.4 Å². The molecular formula is C38H29N3O. The summed E-state index contributed by atoms with van der Waals surface area (Å²) in [6.07, 6.45) is 6.21. The lowest BCUT2D eigenvalue weighted by Crippen LogP contribution is -2.27. The van der Waals surface area contributed by atoms with Gasteiger partial charge in [0, 0.05) is 23.5 Å². The summed E-state index contributed by atoms with van der Waals surface area (Å²) in [4.78, 5) is 5.68. The molecule has 4 nitrogen and oxygen atoms in total. The van der Waals surface area contributed by atoms with E-state index in [9.17, 15) is 5.26 Å². The third kappa shape index (κ3) is 5.52. The summed E-state index contributed by atoms with van der Waals surface area (Å²) in [6, 6.07) is 40.4. The van der Waals surface area contributed by atoms with E-state index in [-0.39, 0.29) is 5.70 Å². The van der Waals surface area contributed by atoms with Gasteiger partial charge in [0.05, 0.1) is 12.6 Å². The molecular weight excluding hydrogens is 514 g/mol. The van der Waals surface area contributed by atoms with Gasteiger partial charge in [0.15, 0.2) is 0 Å². The minimum atomic E-state index is -0.499.